The Morgan fingerprint density at radius 1 is 1.20 bits per heavy atom. The third-order valence-electron chi connectivity index (χ3n) is 1.60. The van der Waals surface area contributed by atoms with Crippen molar-refractivity contribution in [3.8, 4) is 0 Å². The molecule has 0 aliphatic heterocycles. The number of carbonyl (C=O) groups is 1. The van der Waals surface area contributed by atoms with Crippen molar-refractivity contribution in [2.24, 2.45) is 0 Å². The number of aliphatic hydroxyl groups excluding tert-OH is 1. The number of rotatable bonds is 10. The molecule has 0 unspecified atom stereocenters. The van der Waals surface area contributed by atoms with Crippen molar-refractivity contribution < 1.29 is 23.7 Å². The van der Waals surface area contributed by atoms with Crippen LogP contribution in [0.25, 0.3) is 0 Å². The summed E-state index contributed by atoms with van der Waals surface area (Å²) in [6, 6.07) is 0. The average molecular weight is 378 g/mol. The predicted molar refractivity (Wildman–Crippen MR) is 92.3 cm³/mol. The summed E-state index contributed by atoms with van der Waals surface area (Å²) in [5, 5.41) is 9.50. The van der Waals surface area contributed by atoms with Gasteiger partial charge in [-0.2, -0.15) is 0 Å². The van der Waals surface area contributed by atoms with Gasteiger partial charge in [-0.3, -0.25) is 0 Å². The van der Waals surface area contributed by atoms with Gasteiger partial charge in [-0.25, -0.2) is 4.79 Å². The Balaban J connectivity index is 4.54. The monoisotopic (exact) mass is 378 g/mol. The minimum atomic E-state index is -2.42. The highest BCUT2D eigenvalue weighted by molar-refractivity contribution is 9.22. The van der Waals surface area contributed by atoms with Crippen LogP contribution in [-0.2, 0) is 30.4 Å². The van der Waals surface area contributed by atoms with Gasteiger partial charge >= 0.3 is 5.97 Å². The minimum absolute atomic E-state index is 0.0809. The van der Waals surface area contributed by atoms with Crippen LogP contribution in [-0.4, -0.2) is 30.9 Å². The molecule has 0 aromatic heterocycles. The Hall–Kier alpha value is 0.630. The number of ether oxygens (including phenoxy) is 1. The van der Waals surface area contributed by atoms with Crippen molar-refractivity contribution in [2.45, 2.75) is 27.7 Å². The number of carbonyl (C=O) groups excluding carboxylic acids is 1. The molecule has 20 heavy (non-hydrogen) atoms. The molecule has 0 saturated heterocycles. The molecule has 0 amide bonds. The SMILES string of the molecule is CCOC(=O)/C(SSSP(=S)(OCC)OCC)=C(/C)O. The highest BCUT2D eigenvalue weighted by Gasteiger charge is 2.22. The number of esters is 1. The maximum atomic E-state index is 11.6. The van der Waals surface area contributed by atoms with E-state index in [9.17, 15) is 9.90 Å². The van der Waals surface area contributed by atoms with Gasteiger partial charge in [0, 0.05) is 10.4 Å². The standard InChI is InChI=1S/C10H19O5PS4/c1-5-13-10(12)9(8(4)11)18-20-19-16(17,14-6-2)15-7-3/h11H,5-7H2,1-4H3/b9-8+. The van der Waals surface area contributed by atoms with E-state index in [0.717, 1.165) is 10.8 Å². The zero-order chi connectivity index (χ0) is 15.6. The van der Waals surface area contributed by atoms with Gasteiger partial charge in [-0.15, -0.1) is 0 Å². The summed E-state index contributed by atoms with van der Waals surface area (Å²) in [4.78, 5) is 11.8. The fourth-order valence-corrected chi connectivity index (χ4v) is 11.9. The molecule has 0 saturated carbocycles. The molecule has 0 radical (unpaired) electrons. The van der Waals surface area contributed by atoms with E-state index in [1.807, 2.05) is 13.8 Å². The van der Waals surface area contributed by atoms with Crippen LogP contribution in [0, 0.1) is 0 Å². The molecule has 0 atom stereocenters. The van der Waals surface area contributed by atoms with E-state index in [-0.39, 0.29) is 17.3 Å². The fraction of sp³-hybridized carbons (Fsp3) is 0.700. The Morgan fingerprint density at radius 3 is 2.15 bits per heavy atom. The molecular formula is C10H19O5PS4. The summed E-state index contributed by atoms with van der Waals surface area (Å²) in [7, 11) is 3.59. The summed E-state index contributed by atoms with van der Waals surface area (Å²) in [5.41, 5.74) is -2.42. The zero-order valence-corrected chi connectivity index (χ0v) is 15.9. The molecule has 0 aliphatic rings. The molecule has 5 nitrogen and oxygen atoms in total. The lowest BCUT2D eigenvalue weighted by atomic mass is 10.5. The Kier molecular flexibility index (Phi) is 11.6. The molecule has 0 heterocycles. The van der Waals surface area contributed by atoms with Crippen molar-refractivity contribution in [1.82, 2.24) is 0 Å². The van der Waals surface area contributed by atoms with Gasteiger partial charge in [-0.05, 0) is 60.1 Å². The van der Waals surface area contributed by atoms with Crippen LogP contribution in [0.3, 0.4) is 0 Å². The third-order valence-corrected chi connectivity index (χ3v) is 12.5. The normalized spacial score (nSPS) is 13.0. The summed E-state index contributed by atoms with van der Waals surface area (Å²) >= 11 is 5.34. The van der Waals surface area contributed by atoms with Crippen LogP contribution < -0.4 is 0 Å². The van der Waals surface area contributed by atoms with E-state index in [1.165, 1.54) is 27.2 Å². The second-order valence-corrected chi connectivity index (χ2v) is 12.9. The minimum Gasteiger partial charge on any atom is -0.511 e. The maximum absolute atomic E-state index is 11.6. The average Bonchev–Trinajstić information content (AvgIpc) is 2.35. The summed E-state index contributed by atoms with van der Waals surface area (Å²) in [6.45, 7) is 8.03. The number of allylic oxidation sites excluding steroid dienone is 1. The summed E-state index contributed by atoms with van der Waals surface area (Å²) < 4.78 is 15.8. The van der Waals surface area contributed by atoms with Crippen molar-refractivity contribution in [1.29, 1.82) is 0 Å². The first-order chi connectivity index (χ1) is 9.40. The smallest absolute Gasteiger partial charge is 0.348 e. The molecule has 10 heteroatoms. The molecule has 118 valence electrons. The van der Waals surface area contributed by atoms with Crippen LogP contribution in [0.5, 0.6) is 0 Å². The molecule has 0 aromatic rings. The van der Waals surface area contributed by atoms with Crippen molar-refractivity contribution >= 4 is 54.5 Å². The molecular weight excluding hydrogens is 359 g/mol. The quantitative estimate of drug-likeness (QED) is 0.192. The van der Waals surface area contributed by atoms with E-state index in [2.05, 4.69) is 0 Å². The lowest BCUT2D eigenvalue weighted by Crippen LogP contribution is -2.06. The number of hydrogen-bond acceptors (Lipinski definition) is 9. The number of hydrogen-bond donors (Lipinski definition) is 1. The van der Waals surface area contributed by atoms with Crippen molar-refractivity contribution in [3.63, 3.8) is 0 Å². The van der Waals surface area contributed by atoms with Crippen LogP contribution in [0.1, 0.15) is 27.7 Å². The van der Waals surface area contributed by atoms with Crippen LogP contribution in [0.4, 0.5) is 0 Å². The van der Waals surface area contributed by atoms with Crippen LogP contribution in [0.15, 0.2) is 10.7 Å². The van der Waals surface area contributed by atoms with Gasteiger partial charge in [0.2, 0.25) is 0 Å². The predicted octanol–water partition coefficient (Wildman–Crippen LogP) is 4.67. The second-order valence-electron chi connectivity index (χ2n) is 3.14. The third kappa shape index (κ3) is 8.17. The van der Waals surface area contributed by atoms with Gasteiger partial charge < -0.3 is 18.9 Å². The highest BCUT2D eigenvalue weighted by Crippen LogP contribution is 2.68. The van der Waals surface area contributed by atoms with E-state index < -0.39 is 11.7 Å². The molecule has 0 fully saturated rings. The van der Waals surface area contributed by atoms with Crippen molar-refractivity contribution in [3.05, 3.63) is 10.7 Å². The van der Waals surface area contributed by atoms with Crippen LogP contribution in [0.2, 0.25) is 0 Å². The topological polar surface area (TPSA) is 65.0 Å². The van der Waals surface area contributed by atoms with E-state index in [1.54, 1.807) is 6.92 Å². The van der Waals surface area contributed by atoms with E-state index in [4.69, 9.17) is 25.6 Å². The second kappa shape index (κ2) is 11.2. The summed E-state index contributed by atoms with van der Waals surface area (Å²) in [5.74, 6) is -0.630. The van der Waals surface area contributed by atoms with Gasteiger partial charge in [0.25, 0.3) is 5.69 Å². The van der Waals surface area contributed by atoms with Gasteiger partial charge in [0.15, 0.2) is 0 Å². The molecule has 0 aliphatic carbocycles. The first kappa shape index (κ1) is 20.6. The van der Waals surface area contributed by atoms with E-state index in [0.29, 0.717) is 13.2 Å². The summed E-state index contributed by atoms with van der Waals surface area (Å²) in [6.07, 6.45) is 0. The molecule has 0 aromatic carbocycles. The van der Waals surface area contributed by atoms with Crippen LogP contribution >= 0.6 is 36.7 Å². The maximum Gasteiger partial charge on any atom is 0.348 e. The zero-order valence-electron chi connectivity index (χ0n) is 11.8. The van der Waals surface area contributed by atoms with Crippen molar-refractivity contribution in [2.75, 3.05) is 19.8 Å². The lowest BCUT2D eigenvalue weighted by molar-refractivity contribution is -0.137. The Bertz CT molecular complexity index is 374. The molecule has 0 spiro atoms. The first-order valence-corrected chi connectivity index (χ1v) is 12.6. The number of aliphatic hydroxyl groups is 1. The first-order valence-electron chi connectivity index (χ1n) is 5.89. The van der Waals surface area contributed by atoms with Gasteiger partial charge in [-0.1, -0.05) is 0 Å². The molecule has 1 N–H and O–H groups in total. The van der Waals surface area contributed by atoms with Gasteiger partial charge in [0.1, 0.15) is 10.7 Å². The fourth-order valence-electron chi connectivity index (χ4n) is 0.922. The largest absolute Gasteiger partial charge is 0.511 e. The molecule has 0 rings (SSSR count). The van der Waals surface area contributed by atoms with E-state index >= 15 is 0 Å². The van der Waals surface area contributed by atoms with Gasteiger partial charge in [0.05, 0.1) is 19.8 Å². The highest BCUT2D eigenvalue weighted by atomic mass is 33.6. The lowest BCUT2D eigenvalue weighted by Gasteiger charge is -2.18. The molecule has 0 bridgehead atoms. The Morgan fingerprint density at radius 2 is 1.75 bits per heavy atom. The Labute approximate surface area is 136 Å².